The maximum absolute atomic E-state index is 14.3. The van der Waals surface area contributed by atoms with E-state index in [2.05, 4.69) is 10.5 Å². The standard InChI is InChI=1S/C33H24ClN3O3/c34-22-16-14-21(15-17-22)30(38)36-35-19-33-25-12-6-4-10-23(25)27(24-11-5-7-13-26(24)33)28-29(33)32(40)37(31(28)39)18-20-8-2-1-3-9-20/h1-17,19,27-29H,18H2,(H,36,38)/b35-19-/t27?,28-,29-,33?/m1/s1. The summed E-state index contributed by atoms with van der Waals surface area (Å²) in [5.74, 6) is -2.28. The fraction of sp³-hybridized carbons (Fsp3) is 0.152. The Morgan fingerprint density at radius 1 is 0.825 bits per heavy atom. The van der Waals surface area contributed by atoms with Crippen LogP contribution < -0.4 is 5.43 Å². The first-order chi connectivity index (χ1) is 19.5. The predicted molar refractivity (Wildman–Crippen MR) is 152 cm³/mol. The van der Waals surface area contributed by atoms with Crippen molar-refractivity contribution in [3.63, 3.8) is 0 Å². The zero-order chi connectivity index (χ0) is 27.4. The van der Waals surface area contributed by atoms with E-state index in [1.165, 1.54) is 4.90 Å². The molecule has 4 aliphatic rings. The Hall–Kier alpha value is -4.55. The Morgan fingerprint density at radius 3 is 2.08 bits per heavy atom. The van der Waals surface area contributed by atoms with E-state index in [0.717, 1.165) is 27.8 Å². The van der Waals surface area contributed by atoms with Crippen LogP contribution in [0.2, 0.25) is 5.02 Å². The number of hydrazone groups is 1. The highest BCUT2D eigenvalue weighted by Gasteiger charge is 2.67. The molecule has 0 saturated carbocycles. The SMILES string of the molecule is O=C(N/N=C\C12c3ccccc3C(c3ccccc31)[C@H]1C(=O)N(Cc3ccccc3)C(=O)[C@@H]12)c1ccc(Cl)cc1. The van der Waals surface area contributed by atoms with Crippen molar-refractivity contribution < 1.29 is 14.4 Å². The second kappa shape index (κ2) is 9.28. The number of hydrogen-bond donors (Lipinski definition) is 1. The van der Waals surface area contributed by atoms with E-state index in [4.69, 9.17) is 11.6 Å². The van der Waals surface area contributed by atoms with Crippen LogP contribution in [-0.4, -0.2) is 28.8 Å². The summed E-state index contributed by atoms with van der Waals surface area (Å²) in [4.78, 5) is 42.6. The Morgan fingerprint density at radius 2 is 1.43 bits per heavy atom. The summed E-state index contributed by atoms with van der Waals surface area (Å²) in [7, 11) is 0. The van der Waals surface area contributed by atoms with E-state index >= 15 is 0 Å². The highest BCUT2D eigenvalue weighted by molar-refractivity contribution is 6.30. The van der Waals surface area contributed by atoms with Crippen LogP contribution in [0, 0.1) is 11.8 Å². The van der Waals surface area contributed by atoms with Crippen LogP contribution in [0.1, 0.15) is 44.1 Å². The average Bonchev–Trinajstić information content (AvgIpc) is 3.24. The number of nitrogens with zero attached hydrogens (tertiary/aromatic N) is 2. The number of likely N-dealkylation sites (tertiary alicyclic amines) is 1. The van der Waals surface area contributed by atoms with Crippen molar-refractivity contribution in [2.45, 2.75) is 17.9 Å². The van der Waals surface area contributed by atoms with Crippen molar-refractivity contribution in [3.8, 4) is 0 Å². The van der Waals surface area contributed by atoms with Gasteiger partial charge in [0.15, 0.2) is 0 Å². The molecule has 0 radical (unpaired) electrons. The van der Waals surface area contributed by atoms with Gasteiger partial charge in [-0.2, -0.15) is 5.10 Å². The second-order valence-electron chi connectivity index (χ2n) is 10.5. The molecule has 8 rings (SSSR count). The molecule has 0 spiro atoms. The Balaban J connectivity index is 1.36. The molecule has 1 heterocycles. The van der Waals surface area contributed by atoms with E-state index in [9.17, 15) is 14.4 Å². The zero-order valence-corrected chi connectivity index (χ0v) is 22.1. The molecule has 3 amide bonds. The van der Waals surface area contributed by atoms with Crippen LogP contribution in [-0.2, 0) is 21.5 Å². The van der Waals surface area contributed by atoms with Crippen LogP contribution in [0.4, 0.5) is 0 Å². The molecule has 196 valence electrons. The van der Waals surface area contributed by atoms with Crippen LogP contribution in [0.15, 0.2) is 108 Å². The van der Waals surface area contributed by atoms with Gasteiger partial charge in [0.05, 0.1) is 23.8 Å². The van der Waals surface area contributed by atoms with E-state index < -0.39 is 23.2 Å². The number of carbonyl (C=O) groups excluding carboxylic acids is 3. The molecule has 1 saturated heterocycles. The first kappa shape index (κ1) is 24.5. The Labute approximate surface area is 236 Å². The van der Waals surface area contributed by atoms with Gasteiger partial charge in [-0.05, 0) is 52.1 Å². The van der Waals surface area contributed by atoms with Gasteiger partial charge in [0, 0.05) is 22.7 Å². The molecule has 2 bridgehead atoms. The number of amides is 3. The molecule has 7 heteroatoms. The summed E-state index contributed by atoms with van der Waals surface area (Å²) in [6.45, 7) is 0.214. The maximum Gasteiger partial charge on any atom is 0.271 e. The van der Waals surface area contributed by atoms with Crippen LogP contribution in [0.5, 0.6) is 0 Å². The normalized spacial score (nSPS) is 24.1. The second-order valence-corrected chi connectivity index (χ2v) is 10.9. The number of imide groups is 1. The topological polar surface area (TPSA) is 78.8 Å². The van der Waals surface area contributed by atoms with Crippen LogP contribution in [0.25, 0.3) is 0 Å². The van der Waals surface area contributed by atoms with E-state index in [1.54, 1.807) is 30.5 Å². The van der Waals surface area contributed by atoms with Gasteiger partial charge in [-0.1, -0.05) is 90.5 Å². The molecule has 1 aliphatic heterocycles. The summed E-state index contributed by atoms with van der Waals surface area (Å²) >= 11 is 5.97. The molecule has 4 aromatic rings. The van der Waals surface area contributed by atoms with Gasteiger partial charge >= 0.3 is 0 Å². The minimum atomic E-state index is -1.03. The molecule has 1 fully saturated rings. The molecule has 6 nitrogen and oxygen atoms in total. The molecular formula is C33H24ClN3O3. The zero-order valence-electron chi connectivity index (χ0n) is 21.3. The fourth-order valence-electron chi connectivity index (χ4n) is 6.89. The highest BCUT2D eigenvalue weighted by atomic mass is 35.5. The van der Waals surface area contributed by atoms with E-state index in [-0.39, 0.29) is 24.3 Å². The van der Waals surface area contributed by atoms with Gasteiger partial charge < -0.3 is 0 Å². The Bertz CT molecular complexity index is 1650. The Kier molecular flexibility index (Phi) is 5.68. The first-order valence-corrected chi connectivity index (χ1v) is 13.6. The molecule has 4 aromatic carbocycles. The van der Waals surface area contributed by atoms with Crippen molar-refractivity contribution in [2.24, 2.45) is 16.9 Å². The quantitative estimate of drug-likeness (QED) is 0.210. The largest absolute Gasteiger partial charge is 0.278 e. The third kappa shape index (κ3) is 3.49. The third-order valence-corrected chi connectivity index (χ3v) is 8.75. The number of hydrogen-bond acceptors (Lipinski definition) is 4. The lowest BCUT2D eigenvalue weighted by Gasteiger charge is -2.52. The number of rotatable bonds is 5. The van der Waals surface area contributed by atoms with Gasteiger partial charge in [-0.25, -0.2) is 5.43 Å². The van der Waals surface area contributed by atoms with Gasteiger partial charge in [0.2, 0.25) is 11.8 Å². The number of benzene rings is 4. The van der Waals surface area contributed by atoms with Gasteiger partial charge in [-0.15, -0.1) is 0 Å². The first-order valence-electron chi connectivity index (χ1n) is 13.2. The van der Waals surface area contributed by atoms with Crippen molar-refractivity contribution in [2.75, 3.05) is 0 Å². The van der Waals surface area contributed by atoms with Crippen LogP contribution >= 0.6 is 11.6 Å². The smallest absolute Gasteiger partial charge is 0.271 e. The summed E-state index contributed by atoms with van der Waals surface area (Å²) < 4.78 is 0. The third-order valence-electron chi connectivity index (χ3n) is 8.50. The van der Waals surface area contributed by atoms with E-state index in [0.29, 0.717) is 10.6 Å². The summed E-state index contributed by atoms with van der Waals surface area (Å²) in [5, 5.41) is 4.98. The predicted octanol–water partition coefficient (Wildman–Crippen LogP) is 5.30. The number of carbonyl (C=O) groups is 3. The van der Waals surface area contributed by atoms with Crippen molar-refractivity contribution in [3.05, 3.63) is 142 Å². The lowest BCUT2D eigenvalue weighted by Crippen LogP contribution is -2.54. The van der Waals surface area contributed by atoms with Crippen molar-refractivity contribution in [1.82, 2.24) is 10.3 Å². The minimum absolute atomic E-state index is 0.171. The van der Waals surface area contributed by atoms with Gasteiger partial charge in [-0.3, -0.25) is 19.3 Å². The van der Waals surface area contributed by atoms with E-state index in [1.807, 2.05) is 78.9 Å². The molecule has 1 N–H and O–H groups in total. The fourth-order valence-corrected chi connectivity index (χ4v) is 7.02. The summed E-state index contributed by atoms with van der Waals surface area (Å²) in [6.07, 6.45) is 1.67. The molecule has 0 unspecified atom stereocenters. The molecule has 40 heavy (non-hydrogen) atoms. The lowest BCUT2D eigenvalue weighted by atomic mass is 9.47. The summed E-state index contributed by atoms with van der Waals surface area (Å²) in [5.41, 5.74) is 6.81. The summed E-state index contributed by atoms with van der Waals surface area (Å²) in [6, 6.07) is 32.0. The average molecular weight is 546 g/mol. The number of nitrogens with one attached hydrogen (secondary N) is 1. The molecule has 3 aliphatic carbocycles. The lowest BCUT2D eigenvalue weighted by molar-refractivity contribution is -0.140. The van der Waals surface area contributed by atoms with Gasteiger partial charge in [0.1, 0.15) is 0 Å². The molecule has 2 atom stereocenters. The maximum atomic E-state index is 14.3. The number of halogens is 1. The van der Waals surface area contributed by atoms with Gasteiger partial charge in [0.25, 0.3) is 5.91 Å². The molecule has 0 aromatic heterocycles. The van der Waals surface area contributed by atoms with Crippen molar-refractivity contribution in [1.29, 1.82) is 0 Å². The minimum Gasteiger partial charge on any atom is -0.278 e. The van der Waals surface area contributed by atoms with Crippen molar-refractivity contribution >= 4 is 35.5 Å². The monoisotopic (exact) mass is 545 g/mol. The molecular weight excluding hydrogens is 522 g/mol. The van der Waals surface area contributed by atoms with Crippen LogP contribution in [0.3, 0.4) is 0 Å². The highest BCUT2D eigenvalue weighted by Crippen LogP contribution is 2.63.